The lowest BCUT2D eigenvalue weighted by Gasteiger charge is -2.30. The Labute approximate surface area is 140 Å². The monoisotopic (exact) mass is 361 g/mol. The van der Waals surface area contributed by atoms with Crippen LogP contribution in [0.2, 0.25) is 5.02 Å². The number of nitrogens with zero attached hydrogens (tertiary/aromatic N) is 1. The molecule has 0 radical (unpaired) electrons. The van der Waals surface area contributed by atoms with Gasteiger partial charge < -0.3 is 4.90 Å². The Kier molecular flexibility index (Phi) is 4.31. The summed E-state index contributed by atoms with van der Waals surface area (Å²) in [5.74, 6) is -0.484. The number of thiophene rings is 1. The maximum absolute atomic E-state index is 12.9. The van der Waals surface area contributed by atoms with Gasteiger partial charge in [0.2, 0.25) is 0 Å². The van der Waals surface area contributed by atoms with Gasteiger partial charge in [-0.1, -0.05) is 29.8 Å². The van der Waals surface area contributed by atoms with Gasteiger partial charge in [-0.2, -0.15) is 13.2 Å². The number of hydrogen-bond donors (Lipinski definition) is 0. The molecule has 2 nitrogen and oxygen atoms in total. The van der Waals surface area contributed by atoms with E-state index < -0.39 is 24.7 Å². The number of fused-ring (bicyclic) bond motifs is 1. The molecule has 1 fully saturated rings. The largest absolute Gasteiger partial charge is 0.406 e. The molecule has 1 atom stereocenters. The first-order chi connectivity index (χ1) is 10.8. The molecule has 1 unspecified atom stereocenters. The van der Waals surface area contributed by atoms with Crippen molar-refractivity contribution in [2.45, 2.75) is 32.0 Å². The summed E-state index contributed by atoms with van der Waals surface area (Å²) in [7, 11) is 0. The van der Waals surface area contributed by atoms with Crippen molar-refractivity contribution in [3.63, 3.8) is 0 Å². The third-order valence-electron chi connectivity index (χ3n) is 4.14. The van der Waals surface area contributed by atoms with Crippen LogP contribution in [0.5, 0.6) is 0 Å². The standard InChI is InChI=1S/C16H15ClF3NOS/c1-9(10-6-7-10)21(8-16(18,19)20)15(22)14-13(17)11-4-2-3-5-12(11)23-14/h2-5,9-10H,6-8H2,1H3. The van der Waals surface area contributed by atoms with E-state index in [1.165, 1.54) is 0 Å². The predicted octanol–water partition coefficient (Wildman–Crippen LogP) is 5.36. The summed E-state index contributed by atoms with van der Waals surface area (Å²) < 4.78 is 39.5. The molecular formula is C16H15ClF3NOS. The fourth-order valence-corrected chi connectivity index (χ4v) is 4.18. The van der Waals surface area contributed by atoms with E-state index in [1.807, 2.05) is 6.07 Å². The molecule has 1 aromatic heterocycles. The van der Waals surface area contributed by atoms with Gasteiger partial charge in [-0.15, -0.1) is 11.3 Å². The minimum atomic E-state index is -4.43. The van der Waals surface area contributed by atoms with Crippen molar-refractivity contribution in [2.75, 3.05) is 6.54 Å². The second kappa shape index (κ2) is 5.98. The van der Waals surface area contributed by atoms with Crippen LogP contribution in [0.15, 0.2) is 24.3 Å². The molecular weight excluding hydrogens is 347 g/mol. The van der Waals surface area contributed by atoms with E-state index in [2.05, 4.69) is 0 Å². The summed E-state index contributed by atoms with van der Waals surface area (Å²) in [5, 5.41) is 0.944. The molecule has 1 heterocycles. The Morgan fingerprint density at radius 2 is 2.04 bits per heavy atom. The number of carbonyl (C=O) groups is 1. The average Bonchev–Trinajstić information content (AvgIpc) is 3.28. The van der Waals surface area contributed by atoms with E-state index in [0.717, 1.165) is 33.8 Å². The molecule has 124 valence electrons. The first-order valence-corrected chi connectivity index (χ1v) is 8.52. The van der Waals surface area contributed by atoms with Crippen molar-refractivity contribution >= 4 is 38.9 Å². The molecule has 0 spiro atoms. The van der Waals surface area contributed by atoms with Crippen LogP contribution in [0.3, 0.4) is 0 Å². The highest BCUT2D eigenvalue weighted by molar-refractivity contribution is 7.21. The van der Waals surface area contributed by atoms with Gasteiger partial charge in [0.05, 0.1) is 5.02 Å². The van der Waals surface area contributed by atoms with Gasteiger partial charge in [-0.3, -0.25) is 4.79 Å². The van der Waals surface area contributed by atoms with Gasteiger partial charge in [0, 0.05) is 16.1 Å². The van der Waals surface area contributed by atoms with Crippen LogP contribution in [0.1, 0.15) is 29.4 Å². The van der Waals surface area contributed by atoms with E-state index in [-0.39, 0.29) is 15.8 Å². The van der Waals surface area contributed by atoms with Gasteiger partial charge in [-0.25, -0.2) is 0 Å². The third-order valence-corrected chi connectivity index (χ3v) is 5.80. The molecule has 1 amide bonds. The SMILES string of the molecule is CC(C1CC1)N(CC(F)(F)F)C(=O)c1sc2ccccc2c1Cl. The zero-order valence-corrected chi connectivity index (χ0v) is 13.9. The normalized spacial score (nSPS) is 16.6. The van der Waals surface area contributed by atoms with E-state index in [9.17, 15) is 18.0 Å². The van der Waals surface area contributed by atoms with Crippen LogP contribution in [0.4, 0.5) is 13.2 Å². The topological polar surface area (TPSA) is 20.3 Å². The van der Waals surface area contributed by atoms with Crippen LogP contribution >= 0.6 is 22.9 Å². The number of amides is 1. The maximum Gasteiger partial charge on any atom is 0.406 e. The van der Waals surface area contributed by atoms with E-state index in [1.54, 1.807) is 25.1 Å². The van der Waals surface area contributed by atoms with Crippen LogP contribution < -0.4 is 0 Å². The molecule has 0 N–H and O–H groups in total. The number of rotatable bonds is 4. The summed E-state index contributed by atoms with van der Waals surface area (Å²) in [5.41, 5.74) is 0. The molecule has 0 saturated heterocycles. The molecule has 3 rings (SSSR count). The molecule has 1 aliphatic carbocycles. The van der Waals surface area contributed by atoms with E-state index in [4.69, 9.17) is 11.6 Å². The summed E-state index contributed by atoms with van der Waals surface area (Å²) >= 11 is 7.39. The second-order valence-corrected chi connectivity index (χ2v) is 7.30. The fourth-order valence-electron chi connectivity index (χ4n) is 2.71. The first kappa shape index (κ1) is 16.6. The van der Waals surface area contributed by atoms with Crippen molar-refractivity contribution in [2.24, 2.45) is 5.92 Å². The third kappa shape index (κ3) is 3.48. The van der Waals surface area contributed by atoms with Crippen LogP contribution in [-0.2, 0) is 0 Å². The number of carbonyl (C=O) groups excluding carboxylic acids is 1. The minimum absolute atomic E-state index is 0.148. The number of halogens is 4. The number of benzene rings is 1. The molecule has 1 aliphatic rings. The Bertz CT molecular complexity index is 738. The maximum atomic E-state index is 12.9. The lowest BCUT2D eigenvalue weighted by molar-refractivity contribution is -0.144. The molecule has 2 aromatic rings. The molecule has 1 saturated carbocycles. The molecule has 0 bridgehead atoms. The Morgan fingerprint density at radius 1 is 1.39 bits per heavy atom. The van der Waals surface area contributed by atoms with Gasteiger partial charge >= 0.3 is 6.18 Å². The van der Waals surface area contributed by atoms with Crippen LogP contribution in [-0.4, -0.2) is 29.6 Å². The van der Waals surface area contributed by atoms with Gasteiger partial charge in [-0.05, 0) is 31.7 Å². The zero-order valence-electron chi connectivity index (χ0n) is 12.4. The second-order valence-electron chi connectivity index (χ2n) is 5.87. The van der Waals surface area contributed by atoms with Crippen LogP contribution in [0.25, 0.3) is 10.1 Å². The number of hydrogen-bond acceptors (Lipinski definition) is 2. The van der Waals surface area contributed by atoms with E-state index in [0.29, 0.717) is 5.39 Å². The smallest absolute Gasteiger partial charge is 0.326 e. The highest BCUT2D eigenvalue weighted by Crippen LogP contribution is 2.40. The molecule has 0 aliphatic heterocycles. The van der Waals surface area contributed by atoms with Gasteiger partial charge in [0.15, 0.2) is 0 Å². The van der Waals surface area contributed by atoms with Crippen molar-refractivity contribution < 1.29 is 18.0 Å². The summed E-state index contributed by atoms with van der Waals surface area (Å²) in [4.78, 5) is 13.8. The first-order valence-electron chi connectivity index (χ1n) is 7.32. The Morgan fingerprint density at radius 3 is 2.61 bits per heavy atom. The lowest BCUT2D eigenvalue weighted by atomic mass is 10.1. The van der Waals surface area contributed by atoms with Gasteiger partial charge in [0.1, 0.15) is 11.4 Å². The molecule has 1 aromatic carbocycles. The zero-order chi connectivity index (χ0) is 16.8. The summed E-state index contributed by atoms with van der Waals surface area (Å²) in [6.07, 6.45) is -2.70. The fraction of sp³-hybridized carbons (Fsp3) is 0.438. The summed E-state index contributed by atoms with van der Waals surface area (Å²) in [6, 6.07) is 6.73. The summed E-state index contributed by atoms with van der Waals surface area (Å²) in [6.45, 7) is 0.441. The van der Waals surface area contributed by atoms with Crippen molar-refractivity contribution in [3.05, 3.63) is 34.2 Å². The predicted molar refractivity (Wildman–Crippen MR) is 86.1 cm³/mol. The highest BCUT2D eigenvalue weighted by Gasteiger charge is 2.41. The average molecular weight is 362 g/mol. The molecule has 7 heteroatoms. The number of alkyl halides is 3. The van der Waals surface area contributed by atoms with Crippen molar-refractivity contribution in [3.8, 4) is 0 Å². The van der Waals surface area contributed by atoms with Gasteiger partial charge in [0.25, 0.3) is 5.91 Å². The highest BCUT2D eigenvalue weighted by atomic mass is 35.5. The van der Waals surface area contributed by atoms with E-state index >= 15 is 0 Å². The Hall–Kier alpha value is -1.27. The van der Waals surface area contributed by atoms with Crippen molar-refractivity contribution in [1.82, 2.24) is 4.90 Å². The molecule has 23 heavy (non-hydrogen) atoms. The van der Waals surface area contributed by atoms with Crippen molar-refractivity contribution in [1.29, 1.82) is 0 Å². The lowest BCUT2D eigenvalue weighted by Crippen LogP contribution is -2.45. The Balaban J connectivity index is 1.96. The van der Waals surface area contributed by atoms with Crippen LogP contribution in [0, 0.1) is 5.92 Å². The quantitative estimate of drug-likeness (QED) is 0.718. The minimum Gasteiger partial charge on any atom is -0.326 e.